The van der Waals surface area contributed by atoms with E-state index in [0.717, 1.165) is 55.3 Å². The highest BCUT2D eigenvalue weighted by Crippen LogP contribution is 2.14. The highest BCUT2D eigenvalue weighted by atomic mass is 16.5. The molecule has 1 aromatic heterocycles. The van der Waals surface area contributed by atoms with Crippen LogP contribution in [0.3, 0.4) is 0 Å². The van der Waals surface area contributed by atoms with Crippen molar-refractivity contribution in [2.24, 2.45) is 7.05 Å². The minimum absolute atomic E-state index is 0.0779. The van der Waals surface area contributed by atoms with Gasteiger partial charge in [0.25, 0.3) is 5.91 Å². The number of nitrogens with zero attached hydrogens (tertiary/aromatic N) is 3. The summed E-state index contributed by atoms with van der Waals surface area (Å²) in [5, 5.41) is 2.99. The molecule has 2 heterocycles. The first kappa shape index (κ1) is 17.7. The fourth-order valence-electron chi connectivity index (χ4n) is 3.44. The molecular weight excluding hydrogens is 340 g/mol. The fraction of sp³-hybridized carbons (Fsp3) is 0.333. The first-order valence-electron chi connectivity index (χ1n) is 9.28. The van der Waals surface area contributed by atoms with E-state index in [1.54, 1.807) is 0 Å². The van der Waals surface area contributed by atoms with Crippen LogP contribution in [-0.2, 0) is 24.9 Å². The average Bonchev–Trinajstić information content (AvgIpc) is 3.03. The molecule has 1 N–H and O–H groups in total. The van der Waals surface area contributed by atoms with Gasteiger partial charge in [-0.15, -0.1) is 0 Å². The van der Waals surface area contributed by atoms with Crippen molar-refractivity contribution in [1.82, 2.24) is 19.8 Å². The Labute approximate surface area is 158 Å². The topological polar surface area (TPSA) is 59.4 Å². The number of para-hydroxylation sites is 2. The van der Waals surface area contributed by atoms with E-state index >= 15 is 0 Å². The second-order valence-electron chi connectivity index (χ2n) is 6.85. The molecule has 0 saturated carbocycles. The predicted octanol–water partition coefficient (Wildman–Crippen LogP) is 2.34. The largest absolute Gasteiger partial charge is 0.379 e. The van der Waals surface area contributed by atoms with Crippen LogP contribution in [-0.4, -0.2) is 46.7 Å². The van der Waals surface area contributed by atoms with Gasteiger partial charge < -0.3 is 14.6 Å². The number of aromatic nitrogens is 2. The molecule has 1 aliphatic rings. The Hall–Kier alpha value is -2.70. The number of fused-ring (bicyclic) bond motifs is 1. The average molecular weight is 364 g/mol. The number of nitrogens with one attached hydrogen (secondary N) is 1. The summed E-state index contributed by atoms with van der Waals surface area (Å²) in [6.45, 7) is 4.66. The molecule has 0 bridgehead atoms. The van der Waals surface area contributed by atoms with E-state index < -0.39 is 0 Å². The number of aryl methyl sites for hydroxylation is 1. The molecule has 1 amide bonds. The summed E-state index contributed by atoms with van der Waals surface area (Å²) in [6, 6.07) is 15.8. The third-order valence-corrected chi connectivity index (χ3v) is 4.99. The van der Waals surface area contributed by atoms with Crippen molar-refractivity contribution in [1.29, 1.82) is 0 Å². The summed E-state index contributed by atoms with van der Waals surface area (Å²) >= 11 is 0. The summed E-state index contributed by atoms with van der Waals surface area (Å²) in [6.07, 6.45) is 0. The van der Waals surface area contributed by atoms with Crippen molar-refractivity contribution in [3.8, 4) is 0 Å². The predicted molar refractivity (Wildman–Crippen MR) is 104 cm³/mol. The van der Waals surface area contributed by atoms with Gasteiger partial charge in [-0.05, 0) is 29.8 Å². The Kier molecular flexibility index (Phi) is 5.18. The maximum absolute atomic E-state index is 12.6. The zero-order chi connectivity index (χ0) is 18.6. The summed E-state index contributed by atoms with van der Waals surface area (Å²) < 4.78 is 7.41. The molecule has 27 heavy (non-hydrogen) atoms. The van der Waals surface area contributed by atoms with Crippen molar-refractivity contribution >= 4 is 16.9 Å². The van der Waals surface area contributed by atoms with Gasteiger partial charge in [0.1, 0.15) is 5.82 Å². The molecule has 0 spiro atoms. The molecule has 1 fully saturated rings. The molecule has 6 nitrogen and oxygen atoms in total. The van der Waals surface area contributed by atoms with E-state index in [0.29, 0.717) is 12.1 Å². The van der Waals surface area contributed by atoms with Crippen molar-refractivity contribution in [3.63, 3.8) is 0 Å². The number of hydrogen-bond acceptors (Lipinski definition) is 4. The molecule has 0 radical (unpaired) electrons. The second-order valence-corrected chi connectivity index (χ2v) is 6.85. The minimum atomic E-state index is -0.0779. The fourth-order valence-corrected chi connectivity index (χ4v) is 3.44. The van der Waals surface area contributed by atoms with Crippen LogP contribution in [0.25, 0.3) is 11.0 Å². The quantitative estimate of drug-likeness (QED) is 0.755. The van der Waals surface area contributed by atoms with Gasteiger partial charge in [-0.25, -0.2) is 4.98 Å². The number of imidazole rings is 1. The maximum atomic E-state index is 12.6. The van der Waals surface area contributed by atoms with Crippen LogP contribution >= 0.6 is 0 Å². The number of morpholine rings is 1. The van der Waals surface area contributed by atoms with Gasteiger partial charge in [0, 0.05) is 32.2 Å². The van der Waals surface area contributed by atoms with E-state index in [4.69, 9.17) is 4.74 Å². The number of amides is 1. The van der Waals surface area contributed by atoms with E-state index in [9.17, 15) is 4.79 Å². The monoisotopic (exact) mass is 364 g/mol. The number of carbonyl (C=O) groups excluding carboxylic acids is 1. The Morgan fingerprint density at radius 1 is 1.15 bits per heavy atom. The lowest BCUT2D eigenvalue weighted by atomic mass is 10.1. The Morgan fingerprint density at radius 3 is 2.78 bits per heavy atom. The molecular formula is C21H24N4O2. The van der Waals surface area contributed by atoms with E-state index in [-0.39, 0.29) is 5.91 Å². The molecule has 140 valence electrons. The highest BCUT2D eigenvalue weighted by molar-refractivity contribution is 5.94. The molecule has 0 aliphatic carbocycles. The molecule has 6 heteroatoms. The van der Waals surface area contributed by atoms with Gasteiger partial charge in [0.15, 0.2) is 0 Å². The zero-order valence-electron chi connectivity index (χ0n) is 15.5. The first-order valence-corrected chi connectivity index (χ1v) is 9.28. The normalized spacial score (nSPS) is 15.1. The molecule has 2 aromatic carbocycles. The summed E-state index contributed by atoms with van der Waals surface area (Å²) in [7, 11) is 1.97. The standard InChI is InChI=1S/C21H24N4O2/c1-24-19-8-3-2-7-18(19)23-20(24)14-22-21(26)17-6-4-5-16(13-17)15-25-9-11-27-12-10-25/h2-8,13H,9-12,14-15H2,1H3,(H,22,26). The molecule has 0 unspecified atom stereocenters. The molecule has 4 rings (SSSR count). The van der Waals surface area contributed by atoms with Crippen LogP contribution < -0.4 is 5.32 Å². The number of carbonyl (C=O) groups is 1. The van der Waals surface area contributed by atoms with Crippen molar-refractivity contribution in [2.75, 3.05) is 26.3 Å². The minimum Gasteiger partial charge on any atom is -0.379 e. The van der Waals surface area contributed by atoms with Crippen molar-refractivity contribution < 1.29 is 9.53 Å². The molecule has 3 aromatic rings. The van der Waals surface area contributed by atoms with Gasteiger partial charge >= 0.3 is 0 Å². The van der Waals surface area contributed by atoms with Gasteiger partial charge in [-0.1, -0.05) is 24.3 Å². The third kappa shape index (κ3) is 4.02. The molecule has 1 saturated heterocycles. The summed E-state index contributed by atoms with van der Waals surface area (Å²) in [4.78, 5) is 19.6. The van der Waals surface area contributed by atoms with Gasteiger partial charge in [0.05, 0.1) is 30.8 Å². The van der Waals surface area contributed by atoms with Crippen LogP contribution in [0.4, 0.5) is 0 Å². The van der Waals surface area contributed by atoms with Gasteiger partial charge in [0.2, 0.25) is 0 Å². The van der Waals surface area contributed by atoms with Gasteiger partial charge in [-0.3, -0.25) is 9.69 Å². The Bertz CT molecular complexity index is 944. The van der Waals surface area contributed by atoms with Crippen LogP contribution in [0, 0.1) is 0 Å². The number of ether oxygens (including phenoxy) is 1. The lowest BCUT2D eigenvalue weighted by Gasteiger charge is -2.26. The molecule has 0 atom stereocenters. The van der Waals surface area contributed by atoms with Crippen LogP contribution in [0.5, 0.6) is 0 Å². The SMILES string of the molecule is Cn1c(CNC(=O)c2cccc(CN3CCOCC3)c2)nc2ccccc21. The van der Waals surface area contributed by atoms with E-state index in [1.807, 2.05) is 54.1 Å². The molecule has 1 aliphatic heterocycles. The number of rotatable bonds is 5. The summed E-state index contributed by atoms with van der Waals surface area (Å²) in [5.41, 5.74) is 3.83. The zero-order valence-corrected chi connectivity index (χ0v) is 15.5. The van der Waals surface area contributed by atoms with Crippen molar-refractivity contribution in [2.45, 2.75) is 13.1 Å². The van der Waals surface area contributed by atoms with E-state index in [2.05, 4.69) is 21.3 Å². The lowest BCUT2D eigenvalue weighted by molar-refractivity contribution is 0.0342. The number of benzene rings is 2. The smallest absolute Gasteiger partial charge is 0.251 e. The van der Waals surface area contributed by atoms with Crippen LogP contribution in [0.2, 0.25) is 0 Å². The highest BCUT2D eigenvalue weighted by Gasteiger charge is 2.13. The van der Waals surface area contributed by atoms with Gasteiger partial charge in [-0.2, -0.15) is 0 Å². The van der Waals surface area contributed by atoms with Crippen LogP contribution in [0.15, 0.2) is 48.5 Å². The van der Waals surface area contributed by atoms with E-state index in [1.165, 1.54) is 0 Å². The number of hydrogen-bond donors (Lipinski definition) is 1. The first-order chi connectivity index (χ1) is 13.2. The maximum Gasteiger partial charge on any atom is 0.251 e. The second kappa shape index (κ2) is 7.90. The van der Waals surface area contributed by atoms with Crippen molar-refractivity contribution in [3.05, 3.63) is 65.5 Å². The summed E-state index contributed by atoms with van der Waals surface area (Å²) in [5.74, 6) is 0.764. The Morgan fingerprint density at radius 2 is 1.96 bits per heavy atom. The lowest BCUT2D eigenvalue weighted by Crippen LogP contribution is -2.35. The Balaban J connectivity index is 1.41. The third-order valence-electron chi connectivity index (χ3n) is 4.99. The van der Waals surface area contributed by atoms with Crippen LogP contribution in [0.1, 0.15) is 21.7 Å².